The quantitative estimate of drug-likeness (QED) is 0.618. The number of carbonyl (C=O) groups is 3. The maximum absolute atomic E-state index is 12.5. The number of allylic oxidation sites excluding steroid dienone is 2. The van der Waals surface area contributed by atoms with E-state index in [1.54, 1.807) is 37.3 Å². The highest BCUT2D eigenvalue weighted by atomic mass is 79.9. The van der Waals surface area contributed by atoms with Crippen molar-refractivity contribution in [3.05, 3.63) is 63.5 Å². The minimum atomic E-state index is -0.726. The molecule has 3 rings (SSSR count). The smallest absolute Gasteiger partial charge is 0.241 e. The molecule has 0 radical (unpaired) electrons. The van der Waals surface area contributed by atoms with Crippen LogP contribution < -0.4 is 0 Å². The molecule has 0 atom stereocenters. The Bertz CT molecular complexity index is 812. The highest BCUT2D eigenvalue weighted by Gasteiger charge is 2.36. The highest BCUT2D eigenvalue weighted by Crippen LogP contribution is 2.35. The monoisotopic (exact) mass is 344 g/mol. The number of ketones is 3. The number of furan rings is 1. The van der Waals surface area contributed by atoms with Crippen molar-refractivity contribution in [2.45, 2.75) is 6.92 Å². The molecular formula is C16H9BrO4. The van der Waals surface area contributed by atoms with Crippen LogP contribution in [0.1, 0.15) is 39.0 Å². The van der Waals surface area contributed by atoms with Crippen LogP contribution in [0.15, 0.2) is 45.5 Å². The summed E-state index contributed by atoms with van der Waals surface area (Å²) in [6, 6.07) is 8.55. The third kappa shape index (κ3) is 2.01. The SMILES string of the molecule is CC1=C(Br)C(=O)C(=O)c2c(C(=O)c3ccccc3)coc21. The van der Waals surface area contributed by atoms with Gasteiger partial charge in [-0.1, -0.05) is 30.3 Å². The lowest BCUT2D eigenvalue weighted by Gasteiger charge is -2.11. The Balaban J connectivity index is 2.18. The maximum atomic E-state index is 12.5. The lowest BCUT2D eigenvalue weighted by atomic mass is 9.91. The van der Waals surface area contributed by atoms with E-state index in [2.05, 4.69) is 15.9 Å². The third-order valence-corrected chi connectivity index (χ3v) is 4.33. The summed E-state index contributed by atoms with van der Waals surface area (Å²) in [7, 11) is 0. The largest absolute Gasteiger partial charge is 0.463 e. The van der Waals surface area contributed by atoms with Gasteiger partial charge < -0.3 is 4.42 Å². The highest BCUT2D eigenvalue weighted by molar-refractivity contribution is 9.12. The summed E-state index contributed by atoms with van der Waals surface area (Å²) in [5, 5.41) is 0. The van der Waals surface area contributed by atoms with E-state index >= 15 is 0 Å². The fourth-order valence-corrected chi connectivity index (χ4v) is 2.61. The molecule has 0 saturated heterocycles. The molecule has 0 aliphatic heterocycles. The molecule has 0 saturated carbocycles. The van der Waals surface area contributed by atoms with Crippen molar-refractivity contribution < 1.29 is 18.8 Å². The number of carbonyl (C=O) groups excluding carboxylic acids is 3. The molecule has 1 aromatic carbocycles. The second-order valence-corrected chi connectivity index (χ2v) is 5.44. The Kier molecular flexibility index (Phi) is 3.22. The molecule has 0 fully saturated rings. The van der Waals surface area contributed by atoms with Crippen LogP contribution in [0.3, 0.4) is 0 Å². The molecule has 1 aliphatic rings. The average Bonchev–Trinajstić information content (AvgIpc) is 2.96. The molecule has 1 heterocycles. The van der Waals surface area contributed by atoms with Crippen molar-refractivity contribution in [3.63, 3.8) is 0 Å². The second kappa shape index (κ2) is 4.93. The number of rotatable bonds is 2. The molecule has 2 aromatic rings. The fourth-order valence-electron chi connectivity index (χ4n) is 2.25. The van der Waals surface area contributed by atoms with Crippen LogP contribution in [-0.4, -0.2) is 17.3 Å². The number of halogens is 1. The Morgan fingerprint density at radius 2 is 1.76 bits per heavy atom. The zero-order chi connectivity index (χ0) is 15.1. The van der Waals surface area contributed by atoms with Gasteiger partial charge >= 0.3 is 0 Å². The van der Waals surface area contributed by atoms with Crippen molar-refractivity contribution in [1.82, 2.24) is 0 Å². The lowest BCUT2D eigenvalue weighted by Crippen LogP contribution is -2.22. The van der Waals surface area contributed by atoms with Gasteiger partial charge in [0.1, 0.15) is 12.0 Å². The van der Waals surface area contributed by atoms with Gasteiger partial charge in [0.15, 0.2) is 5.78 Å². The van der Waals surface area contributed by atoms with Crippen LogP contribution in [0, 0.1) is 0 Å². The van der Waals surface area contributed by atoms with Gasteiger partial charge in [-0.25, -0.2) is 0 Å². The van der Waals surface area contributed by atoms with Gasteiger partial charge in [-0.2, -0.15) is 0 Å². The van der Waals surface area contributed by atoms with Gasteiger partial charge in [0.05, 0.1) is 15.6 Å². The van der Waals surface area contributed by atoms with Gasteiger partial charge in [-0.3, -0.25) is 14.4 Å². The van der Waals surface area contributed by atoms with Gasteiger partial charge in [0.25, 0.3) is 0 Å². The van der Waals surface area contributed by atoms with Gasteiger partial charge in [0.2, 0.25) is 11.6 Å². The van der Waals surface area contributed by atoms with Crippen molar-refractivity contribution in [2.24, 2.45) is 0 Å². The molecule has 4 nitrogen and oxygen atoms in total. The zero-order valence-corrected chi connectivity index (χ0v) is 12.6. The number of benzene rings is 1. The lowest BCUT2D eigenvalue weighted by molar-refractivity contribution is -0.111. The predicted octanol–water partition coefficient (Wildman–Crippen LogP) is 3.40. The average molecular weight is 345 g/mol. The molecule has 21 heavy (non-hydrogen) atoms. The van der Waals surface area contributed by atoms with E-state index < -0.39 is 11.6 Å². The number of hydrogen-bond donors (Lipinski definition) is 0. The molecule has 0 unspecified atom stereocenters. The topological polar surface area (TPSA) is 64.3 Å². The Morgan fingerprint density at radius 3 is 2.43 bits per heavy atom. The molecule has 0 bridgehead atoms. The molecule has 0 N–H and O–H groups in total. The van der Waals surface area contributed by atoms with Crippen LogP contribution in [0.5, 0.6) is 0 Å². The number of hydrogen-bond acceptors (Lipinski definition) is 4. The molecule has 0 amide bonds. The van der Waals surface area contributed by atoms with Crippen molar-refractivity contribution in [1.29, 1.82) is 0 Å². The van der Waals surface area contributed by atoms with E-state index in [-0.39, 0.29) is 27.2 Å². The van der Waals surface area contributed by atoms with Crippen molar-refractivity contribution in [2.75, 3.05) is 0 Å². The van der Waals surface area contributed by atoms with Gasteiger partial charge in [0, 0.05) is 11.1 Å². The molecular weight excluding hydrogens is 336 g/mol. The first kappa shape index (κ1) is 13.7. The van der Waals surface area contributed by atoms with E-state index in [0.717, 1.165) is 0 Å². The molecule has 0 spiro atoms. The summed E-state index contributed by atoms with van der Waals surface area (Å²) in [5.74, 6) is -1.46. The van der Waals surface area contributed by atoms with Crippen molar-refractivity contribution in [3.8, 4) is 0 Å². The number of fused-ring (bicyclic) bond motifs is 1. The van der Waals surface area contributed by atoms with Crippen LogP contribution in [0.2, 0.25) is 0 Å². The van der Waals surface area contributed by atoms with E-state index in [1.807, 2.05) is 0 Å². The van der Waals surface area contributed by atoms with Crippen LogP contribution >= 0.6 is 15.9 Å². The first-order valence-corrected chi connectivity index (χ1v) is 6.98. The summed E-state index contributed by atoms with van der Waals surface area (Å²) in [5.41, 5.74) is 1.12. The molecule has 1 aromatic heterocycles. The van der Waals surface area contributed by atoms with Crippen LogP contribution in [-0.2, 0) is 4.79 Å². The standard InChI is InChI=1S/C16H9BrO4/c1-8-12(17)15(20)14(19)11-10(7-21-16(8)11)13(18)9-5-3-2-4-6-9/h2-7H,1H3. The molecule has 104 valence electrons. The maximum Gasteiger partial charge on any atom is 0.241 e. The van der Waals surface area contributed by atoms with E-state index in [4.69, 9.17) is 4.42 Å². The minimum Gasteiger partial charge on any atom is -0.463 e. The Hall–Kier alpha value is -2.27. The summed E-state index contributed by atoms with van der Waals surface area (Å²) in [6.45, 7) is 1.66. The Labute approximate surface area is 128 Å². The Morgan fingerprint density at radius 1 is 1.10 bits per heavy atom. The van der Waals surface area contributed by atoms with Gasteiger partial charge in [-0.05, 0) is 22.9 Å². The molecule has 1 aliphatic carbocycles. The summed E-state index contributed by atoms with van der Waals surface area (Å²) < 4.78 is 5.52. The summed E-state index contributed by atoms with van der Waals surface area (Å²) >= 11 is 3.08. The first-order chi connectivity index (χ1) is 10.0. The van der Waals surface area contributed by atoms with Gasteiger partial charge in [-0.15, -0.1) is 0 Å². The van der Waals surface area contributed by atoms with Crippen molar-refractivity contribution >= 4 is 38.9 Å². The first-order valence-electron chi connectivity index (χ1n) is 6.19. The van der Waals surface area contributed by atoms with E-state index in [1.165, 1.54) is 6.26 Å². The zero-order valence-electron chi connectivity index (χ0n) is 11.0. The van der Waals surface area contributed by atoms with E-state index in [0.29, 0.717) is 11.1 Å². The van der Waals surface area contributed by atoms with Crippen LogP contribution in [0.4, 0.5) is 0 Å². The van der Waals surface area contributed by atoms with E-state index in [9.17, 15) is 14.4 Å². The molecule has 5 heteroatoms. The number of Topliss-reactive ketones (excluding diaryl/α,β-unsaturated/α-hetero) is 2. The second-order valence-electron chi connectivity index (χ2n) is 4.65. The summed E-state index contributed by atoms with van der Waals surface area (Å²) in [6.07, 6.45) is 1.24. The predicted molar refractivity (Wildman–Crippen MR) is 79.4 cm³/mol. The normalized spacial score (nSPS) is 14.4. The fraction of sp³-hybridized carbons (Fsp3) is 0.0625. The van der Waals surface area contributed by atoms with Crippen LogP contribution in [0.25, 0.3) is 5.57 Å². The minimum absolute atomic E-state index is 0.0505. The third-order valence-electron chi connectivity index (χ3n) is 3.37. The summed E-state index contributed by atoms with van der Waals surface area (Å²) in [4.78, 5) is 36.5.